The van der Waals surface area contributed by atoms with Gasteiger partial charge in [0.05, 0.1) is 23.4 Å². The van der Waals surface area contributed by atoms with Crippen LogP contribution in [0.2, 0.25) is 0 Å². The van der Waals surface area contributed by atoms with Gasteiger partial charge in [-0.15, -0.1) is 0 Å². The molecule has 0 amide bonds. The fourth-order valence-electron chi connectivity index (χ4n) is 4.91. The van der Waals surface area contributed by atoms with Crippen molar-refractivity contribution in [3.8, 4) is 0 Å². The summed E-state index contributed by atoms with van der Waals surface area (Å²) in [4.78, 5) is 0. The van der Waals surface area contributed by atoms with Gasteiger partial charge in [0.1, 0.15) is 0 Å². The van der Waals surface area contributed by atoms with Crippen LogP contribution in [0, 0.1) is 17.3 Å². The molecule has 2 aliphatic carbocycles. The third-order valence-electron chi connectivity index (χ3n) is 6.59. The lowest BCUT2D eigenvalue weighted by Gasteiger charge is -2.34. The summed E-state index contributed by atoms with van der Waals surface area (Å²) in [5.74, 6) is 0.968. The summed E-state index contributed by atoms with van der Waals surface area (Å²) in [5.41, 5.74) is 0.437. The number of epoxide rings is 1. The van der Waals surface area contributed by atoms with Gasteiger partial charge in [-0.1, -0.05) is 25.7 Å². The van der Waals surface area contributed by atoms with Crippen LogP contribution < -0.4 is 0 Å². The van der Waals surface area contributed by atoms with Gasteiger partial charge in [-0.05, 0) is 75.7 Å². The summed E-state index contributed by atoms with van der Waals surface area (Å²) in [6.07, 6.45) is 8.85. The third kappa shape index (κ3) is 3.29. The summed E-state index contributed by atoms with van der Waals surface area (Å²) in [6.45, 7) is 12.3. The first-order valence-corrected chi connectivity index (χ1v) is 9.00. The molecule has 6 unspecified atom stereocenters. The minimum atomic E-state index is -0.902. The summed E-state index contributed by atoms with van der Waals surface area (Å²) >= 11 is 0. The lowest BCUT2D eigenvalue weighted by Crippen LogP contribution is -2.28. The standard InChI is InChI=1S/C20H32O3/c1-13(16(21)8-9-18(2,3)22)14-6-10-19(4)12-17-20(5,23-17)11-7-15(14)19/h8-9,14-17,21-22H,1,6-7,10-12H2,2-5H3. The molecule has 3 aliphatic rings. The molecule has 0 spiro atoms. The zero-order valence-corrected chi connectivity index (χ0v) is 15.0. The molecule has 2 saturated carbocycles. The highest BCUT2D eigenvalue weighted by Gasteiger charge is 2.60. The predicted molar refractivity (Wildman–Crippen MR) is 92.0 cm³/mol. The van der Waals surface area contributed by atoms with E-state index in [1.165, 1.54) is 6.42 Å². The lowest BCUT2D eigenvalue weighted by atomic mass is 9.71. The van der Waals surface area contributed by atoms with E-state index in [0.29, 0.717) is 23.4 Å². The molecule has 1 aliphatic heterocycles. The molecule has 1 heterocycles. The molecule has 1 saturated heterocycles. The molecule has 3 rings (SSSR count). The molecule has 0 aromatic rings. The molecule has 0 radical (unpaired) electrons. The number of ether oxygens (including phenoxy) is 1. The van der Waals surface area contributed by atoms with Crippen molar-refractivity contribution in [3.63, 3.8) is 0 Å². The largest absolute Gasteiger partial charge is 0.386 e. The quantitative estimate of drug-likeness (QED) is 0.614. The van der Waals surface area contributed by atoms with Gasteiger partial charge in [-0.25, -0.2) is 0 Å². The van der Waals surface area contributed by atoms with E-state index in [4.69, 9.17) is 4.74 Å². The summed E-state index contributed by atoms with van der Waals surface area (Å²) < 4.78 is 5.93. The highest BCUT2D eigenvalue weighted by Crippen LogP contribution is 2.61. The van der Waals surface area contributed by atoms with E-state index in [9.17, 15) is 10.2 Å². The molecular formula is C20H32O3. The Kier molecular flexibility index (Phi) is 4.06. The Labute approximate surface area is 140 Å². The van der Waals surface area contributed by atoms with Crippen molar-refractivity contribution in [1.29, 1.82) is 0 Å². The van der Waals surface area contributed by atoms with Crippen molar-refractivity contribution in [2.45, 2.75) is 83.2 Å². The van der Waals surface area contributed by atoms with Gasteiger partial charge in [0.2, 0.25) is 0 Å². The van der Waals surface area contributed by atoms with Gasteiger partial charge in [0.25, 0.3) is 0 Å². The fraction of sp³-hybridized carbons (Fsp3) is 0.800. The molecule has 0 aromatic carbocycles. The first-order valence-electron chi connectivity index (χ1n) is 9.00. The van der Waals surface area contributed by atoms with E-state index in [-0.39, 0.29) is 5.60 Å². The Morgan fingerprint density at radius 2 is 2.00 bits per heavy atom. The molecule has 2 N–H and O–H groups in total. The van der Waals surface area contributed by atoms with E-state index in [1.54, 1.807) is 26.0 Å². The molecule has 3 heteroatoms. The van der Waals surface area contributed by atoms with E-state index in [0.717, 1.165) is 31.3 Å². The Hall–Kier alpha value is -0.640. The van der Waals surface area contributed by atoms with Crippen molar-refractivity contribution >= 4 is 0 Å². The minimum Gasteiger partial charge on any atom is -0.386 e. The molecule has 3 nitrogen and oxygen atoms in total. The van der Waals surface area contributed by atoms with Gasteiger partial charge in [-0.3, -0.25) is 0 Å². The van der Waals surface area contributed by atoms with Crippen molar-refractivity contribution in [2.24, 2.45) is 17.3 Å². The second-order valence-corrected chi connectivity index (χ2v) is 9.10. The Morgan fingerprint density at radius 3 is 2.65 bits per heavy atom. The molecule has 23 heavy (non-hydrogen) atoms. The molecule has 0 aromatic heterocycles. The minimum absolute atomic E-state index is 0.110. The zero-order valence-electron chi connectivity index (χ0n) is 15.0. The first-order chi connectivity index (χ1) is 10.5. The lowest BCUT2D eigenvalue weighted by molar-refractivity contribution is 0.127. The first kappa shape index (κ1) is 17.2. The van der Waals surface area contributed by atoms with Crippen molar-refractivity contribution in [1.82, 2.24) is 0 Å². The van der Waals surface area contributed by atoms with Crippen LogP contribution in [0.1, 0.15) is 59.8 Å². The van der Waals surface area contributed by atoms with E-state index < -0.39 is 11.7 Å². The van der Waals surface area contributed by atoms with Crippen molar-refractivity contribution in [3.05, 3.63) is 24.3 Å². The van der Waals surface area contributed by atoms with Crippen LogP contribution in [0.3, 0.4) is 0 Å². The highest BCUT2D eigenvalue weighted by molar-refractivity contribution is 5.21. The van der Waals surface area contributed by atoms with Crippen LogP contribution in [0.25, 0.3) is 0 Å². The predicted octanol–water partition coefficient (Wildman–Crippen LogP) is 3.60. The summed E-state index contributed by atoms with van der Waals surface area (Å²) in [7, 11) is 0. The molecular weight excluding hydrogens is 288 g/mol. The van der Waals surface area contributed by atoms with Crippen LogP contribution in [-0.2, 0) is 4.74 Å². The van der Waals surface area contributed by atoms with Crippen LogP contribution >= 0.6 is 0 Å². The second-order valence-electron chi connectivity index (χ2n) is 9.10. The van der Waals surface area contributed by atoms with Gasteiger partial charge < -0.3 is 14.9 Å². The number of fused-ring (bicyclic) bond motifs is 2. The monoisotopic (exact) mass is 320 g/mol. The van der Waals surface area contributed by atoms with Gasteiger partial charge in [0, 0.05) is 0 Å². The maximum Gasteiger partial charge on any atom is 0.0933 e. The number of rotatable bonds is 4. The topological polar surface area (TPSA) is 53.0 Å². The van der Waals surface area contributed by atoms with E-state index >= 15 is 0 Å². The van der Waals surface area contributed by atoms with Gasteiger partial charge in [-0.2, -0.15) is 0 Å². The van der Waals surface area contributed by atoms with Gasteiger partial charge >= 0.3 is 0 Å². The van der Waals surface area contributed by atoms with Crippen LogP contribution in [0.4, 0.5) is 0 Å². The van der Waals surface area contributed by atoms with Crippen molar-refractivity contribution in [2.75, 3.05) is 0 Å². The SMILES string of the molecule is C=C(C(O)C=CC(C)(C)O)C1CCC2(C)CC3OC3(C)CCC12. The van der Waals surface area contributed by atoms with Crippen LogP contribution in [0.5, 0.6) is 0 Å². The Morgan fingerprint density at radius 1 is 1.30 bits per heavy atom. The summed E-state index contributed by atoms with van der Waals surface area (Å²) in [5, 5.41) is 20.3. The van der Waals surface area contributed by atoms with Crippen LogP contribution in [0.15, 0.2) is 24.3 Å². The molecule has 130 valence electrons. The Bertz CT molecular complexity index is 517. The summed E-state index contributed by atoms with van der Waals surface area (Å²) in [6, 6.07) is 0. The second kappa shape index (κ2) is 5.44. The number of aliphatic hydroxyl groups is 2. The zero-order chi connectivity index (χ0) is 17.0. The maximum absolute atomic E-state index is 10.5. The fourth-order valence-corrected chi connectivity index (χ4v) is 4.91. The molecule has 0 bridgehead atoms. The maximum atomic E-state index is 10.5. The van der Waals surface area contributed by atoms with Crippen LogP contribution in [-0.4, -0.2) is 33.6 Å². The Balaban J connectivity index is 1.71. The third-order valence-corrected chi connectivity index (χ3v) is 6.59. The molecule has 3 fully saturated rings. The average Bonchev–Trinajstić information content (AvgIpc) is 2.96. The number of hydrogen-bond donors (Lipinski definition) is 2. The normalized spacial score (nSPS) is 44.5. The van der Waals surface area contributed by atoms with Gasteiger partial charge in [0.15, 0.2) is 0 Å². The number of hydrogen-bond acceptors (Lipinski definition) is 3. The molecule has 6 atom stereocenters. The van der Waals surface area contributed by atoms with Crippen molar-refractivity contribution < 1.29 is 14.9 Å². The van der Waals surface area contributed by atoms with E-state index in [2.05, 4.69) is 20.4 Å². The highest BCUT2D eigenvalue weighted by atomic mass is 16.6. The smallest absolute Gasteiger partial charge is 0.0933 e. The number of aliphatic hydroxyl groups excluding tert-OH is 1. The average molecular weight is 320 g/mol. The van der Waals surface area contributed by atoms with E-state index in [1.807, 2.05) is 0 Å².